The molecule has 0 aliphatic rings. The molecule has 0 N–H and O–H groups in total. The van der Waals surface area contributed by atoms with Crippen LogP contribution in [-0.2, 0) is 6.54 Å². The fraction of sp³-hybridized carbons (Fsp3) is 0.353. The number of rotatable bonds is 5. The van der Waals surface area contributed by atoms with Crippen LogP contribution in [0.4, 0.5) is 0 Å². The molecule has 1 unspecified atom stereocenters. The second kappa shape index (κ2) is 5.64. The van der Waals surface area contributed by atoms with E-state index in [0.717, 1.165) is 24.4 Å². The van der Waals surface area contributed by atoms with Gasteiger partial charge in [-0.1, -0.05) is 6.92 Å². The zero-order chi connectivity index (χ0) is 14.8. The number of methoxy groups -OCH3 is 1. The van der Waals surface area contributed by atoms with Gasteiger partial charge in [-0.25, -0.2) is 0 Å². The van der Waals surface area contributed by atoms with Crippen molar-refractivity contribution in [3.05, 3.63) is 48.4 Å². The third kappa shape index (κ3) is 2.66. The molecule has 4 heteroatoms. The Labute approximate surface area is 124 Å². The van der Waals surface area contributed by atoms with E-state index in [1.54, 1.807) is 7.11 Å². The number of aromatic nitrogens is 3. The molecule has 0 aliphatic heterocycles. The molecule has 0 amide bonds. The lowest BCUT2D eigenvalue weighted by Gasteiger charge is -2.08. The van der Waals surface area contributed by atoms with E-state index in [9.17, 15) is 0 Å². The fourth-order valence-corrected chi connectivity index (χ4v) is 2.51. The number of ether oxygens (including phenoxy) is 1. The topological polar surface area (TPSA) is 32.0 Å². The average molecular weight is 283 g/mol. The third-order valence-electron chi connectivity index (χ3n) is 4.02. The van der Waals surface area contributed by atoms with Crippen LogP contribution in [0.3, 0.4) is 0 Å². The molecule has 4 nitrogen and oxygen atoms in total. The number of fused-ring (bicyclic) bond motifs is 1. The van der Waals surface area contributed by atoms with Crippen LogP contribution in [0.15, 0.2) is 42.7 Å². The molecule has 3 aromatic rings. The lowest BCUT2D eigenvalue weighted by molar-refractivity contribution is 0.415. The highest BCUT2D eigenvalue weighted by molar-refractivity contribution is 5.81. The van der Waals surface area contributed by atoms with Gasteiger partial charge in [0, 0.05) is 29.3 Å². The van der Waals surface area contributed by atoms with Crippen molar-refractivity contribution in [3.63, 3.8) is 0 Å². The van der Waals surface area contributed by atoms with Gasteiger partial charge >= 0.3 is 0 Å². The first-order valence-corrected chi connectivity index (χ1v) is 7.38. The normalized spacial score (nSPS) is 12.7. The Morgan fingerprint density at radius 1 is 1.19 bits per heavy atom. The smallest absolute Gasteiger partial charge is 0.119 e. The zero-order valence-electron chi connectivity index (χ0n) is 12.8. The molecule has 0 bridgehead atoms. The molecule has 0 spiro atoms. The summed E-state index contributed by atoms with van der Waals surface area (Å²) >= 11 is 0. The molecule has 1 atom stereocenters. The van der Waals surface area contributed by atoms with Crippen LogP contribution >= 0.6 is 0 Å². The van der Waals surface area contributed by atoms with Gasteiger partial charge in [-0.3, -0.25) is 4.68 Å². The summed E-state index contributed by atoms with van der Waals surface area (Å²) in [5, 5.41) is 5.86. The maximum absolute atomic E-state index is 5.27. The van der Waals surface area contributed by atoms with Crippen molar-refractivity contribution < 1.29 is 4.74 Å². The first kappa shape index (κ1) is 13.7. The maximum atomic E-state index is 5.27. The second-order valence-corrected chi connectivity index (χ2v) is 5.41. The van der Waals surface area contributed by atoms with Gasteiger partial charge in [-0.05, 0) is 43.7 Å². The SMILES string of the molecule is CCC(C)n1ccc(Cn2ccc3cc(OC)ccc32)n1. The van der Waals surface area contributed by atoms with E-state index in [2.05, 4.69) is 60.2 Å². The molecule has 0 saturated carbocycles. The van der Waals surface area contributed by atoms with Gasteiger partial charge in [-0.2, -0.15) is 5.10 Å². The van der Waals surface area contributed by atoms with Crippen LogP contribution in [0.2, 0.25) is 0 Å². The number of hydrogen-bond acceptors (Lipinski definition) is 2. The first-order chi connectivity index (χ1) is 10.2. The highest BCUT2D eigenvalue weighted by atomic mass is 16.5. The highest BCUT2D eigenvalue weighted by Gasteiger charge is 2.07. The minimum absolute atomic E-state index is 0.449. The van der Waals surface area contributed by atoms with Gasteiger partial charge in [0.25, 0.3) is 0 Å². The molecule has 2 aromatic heterocycles. The predicted octanol–water partition coefficient (Wildman–Crippen LogP) is 3.87. The zero-order valence-corrected chi connectivity index (χ0v) is 12.8. The summed E-state index contributed by atoms with van der Waals surface area (Å²) in [4.78, 5) is 0. The van der Waals surface area contributed by atoms with Crippen molar-refractivity contribution >= 4 is 10.9 Å². The Kier molecular flexibility index (Phi) is 3.69. The van der Waals surface area contributed by atoms with Gasteiger partial charge in [0.15, 0.2) is 0 Å². The van der Waals surface area contributed by atoms with Crippen LogP contribution in [0.25, 0.3) is 10.9 Å². The fourth-order valence-electron chi connectivity index (χ4n) is 2.51. The van der Waals surface area contributed by atoms with Crippen LogP contribution in [-0.4, -0.2) is 21.5 Å². The first-order valence-electron chi connectivity index (χ1n) is 7.38. The second-order valence-electron chi connectivity index (χ2n) is 5.41. The van der Waals surface area contributed by atoms with E-state index in [1.807, 2.05) is 10.7 Å². The average Bonchev–Trinajstić information content (AvgIpc) is 3.14. The molecule has 21 heavy (non-hydrogen) atoms. The molecule has 2 heterocycles. The van der Waals surface area contributed by atoms with Crippen LogP contribution < -0.4 is 4.74 Å². The molecule has 0 aliphatic carbocycles. The number of hydrogen-bond donors (Lipinski definition) is 0. The minimum atomic E-state index is 0.449. The third-order valence-corrected chi connectivity index (χ3v) is 4.02. The van der Waals surface area contributed by atoms with Crippen molar-refractivity contribution in [3.8, 4) is 5.75 Å². The summed E-state index contributed by atoms with van der Waals surface area (Å²) in [6.45, 7) is 5.16. The van der Waals surface area contributed by atoms with Gasteiger partial charge in [0.05, 0.1) is 19.3 Å². The Morgan fingerprint density at radius 3 is 2.81 bits per heavy atom. The van der Waals surface area contributed by atoms with E-state index in [1.165, 1.54) is 10.9 Å². The molecular weight excluding hydrogens is 262 g/mol. The van der Waals surface area contributed by atoms with E-state index in [-0.39, 0.29) is 0 Å². The molecular formula is C17H21N3O. The Morgan fingerprint density at radius 2 is 2.05 bits per heavy atom. The van der Waals surface area contributed by atoms with E-state index in [4.69, 9.17) is 4.74 Å². The highest BCUT2D eigenvalue weighted by Crippen LogP contribution is 2.22. The molecule has 1 aromatic carbocycles. The lowest BCUT2D eigenvalue weighted by Crippen LogP contribution is -2.06. The molecule has 3 rings (SSSR count). The van der Waals surface area contributed by atoms with Crippen LogP contribution in [0.1, 0.15) is 32.0 Å². The quantitative estimate of drug-likeness (QED) is 0.712. The van der Waals surface area contributed by atoms with Crippen molar-refractivity contribution in [1.29, 1.82) is 0 Å². The van der Waals surface area contributed by atoms with Gasteiger partial charge in [0.2, 0.25) is 0 Å². The Bertz CT molecular complexity index is 741. The van der Waals surface area contributed by atoms with Crippen molar-refractivity contribution in [2.75, 3.05) is 7.11 Å². The predicted molar refractivity (Wildman–Crippen MR) is 84.8 cm³/mol. The molecule has 0 radical (unpaired) electrons. The standard InChI is InChI=1S/C17H21N3O/c1-4-13(2)20-10-8-15(18-20)12-19-9-7-14-11-16(21-3)5-6-17(14)19/h5-11,13H,4,12H2,1-3H3. The Hall–Kier alpha value is -2.23. The van der Waals surface area contributed by atoms with Crippen molar-refractivity contribution in [2.45, 2.75) is 32.9 Å². The maximum Gasteiger partial charge on any atom is 0.119 e. The van der Waals surface area contributed by atoms with Crippen LogP contribution in [0, 0.1) is 0 Å². The van der Waals surface area contributed by atoms with Gasteiger partial charge < -0.3 is 9.30 Å². The lowest BCUT2D eigenvalue weighted by atomic mass is 10.2. The monoisotopic (exact) mass is 283 g/mol. The van der Waals surface area contributed by atoms with E-state index < -0.39 is 0 Å². The van der Waals surface area contributed by atoms with Gasteiger partial charge in [0.1, 0.15) is 5.75 Å². The van der Waals surface area contributed by atoms with E-state index >= 15 is 0 Å². The summed E-state index contributed by atoms with van der Waals surface area (Å²) in [7, 11) is 1.69. The molecule has 0 fully saturated rings. The summed E-state index contributed by atoms with van der Waals surface area (Å²) < 4.78 is 9.53. The number of nitrogens with zero attached hydrogens (tertiary/aromatic N) is 3. The minimum Gasteiger partial charge on any atom is -0.497 e. The van der Waals surface area contributed by atoms with Gasteiger partial charge in [-0.15, -0.1) is 0 Å². The summed E-state index contributed by atoms with van der Waals surface area (Å²) in [6, 6.07) is 10.8. The Balaban J connectivity index is 1.86. The van der Waals surface area contributed by atoms with Crippen molar-refractivity contribution in [1.82, 2.24) is 14.3 Å². The molecule has 110 valence electrons. The summed E-state index contributed by atoms with van der Waals surface area (Å²) in [5.74, 6) is 0.890. The van der Waals surface area contributed by atoms with Crippen molar-refractivity contribution in [2.24, 2.45) is 0 Å². The summed E-state index contributed by atoms with van der Waals surface area (Å²) in [6.07, 6.45) is 5.26. The van der Waals surface area contributed by atoms with Crippen LogP contribution in [0.5, 0.6) is 5.75 Å². The van der Waals surface area contributed by atoms with E-state index in [0.29, 0.717) is 6.04 Å². The number of benzene rings is 1. The summed E-state index contributed by atoms with van der Waals surface area (Å²) in [5.41, 5.74) is 2.29. The molecule has 0 saturated heterocycles. The largest absolute Gasteiger partial charge is 0.497 e.